The van der Waals surface area contributed by atoms with Crippen molar-refractivity contribution in [2.75, 3.05) is 0 Å². The zero-order chi connectivity index (χ0) is 14.8. The molecule has 0 aliphatic heterocycles. The molecule has 3 aromatic rings. The third kappa shape index (κ3) is 2.87. The van der Waals surface area contributed by atoms with E-state index in [2.05, 4.69) is 20.9 Å². The van der Waals surface area contributed by atoms with Gasteiger partial charge in [0.1, 0.15) is 17.1 Å². The Kier molecular flexibility index (Phi) is 3.58. The molecular weight excluding hydrogens is 334 g/mol. The lowest BCUT2D eigenvalue weighted by molar-refractivity contribution is 0.0693. The third-order valence-electron chi connectivity index (χ3n) is 3.01. The fourth-order valence-corrected chi connectivity index (χ4v) is 2.40. The predicted octanol–water partition coefficient (Wildman–Crippen LogP) is 4.49. The fourth-order valence-electron chi connectivity index (χ4n) is 2.02. The van der Waals surface area contributed by atoms with Crippen molar-refractivity contribution < 1.29 is 14.6 Å². The second-order valence-corrected chi connectivity index (χ2v) is 5.35. The quantitative estimate of drug-likeness (QED) is 0.761. The van der Waals surface area contributed by atoms with E-state index in [1.807, 2.05) is 30.3 Å². The van der Waals surface area contributed by atoms with Crippen molar-refractivity contribution >= 4 is 32.7 Å². The van der Waals surface area contributed by atoms with Gasteiger partial charge in [-0.3, -0.25) is 4.98 Å². The SMILES string of the molecule is O=C(O)c1cnccc1Oc1ccc2cc(Br)ccc2c1. The van der Waals surface area contributed by atoms with Gasteiger partial charge in [0.25, 0.3) is 0 Å². The molecule has 2 aromatic carbocycles. The first-order chi connectivity index (χ1) is 10.1. The van der Waals surface area contributed by atoms with Crippen molar-refractivity contribution in [1.29, 1.82) is 0 Å². The van der Waals surface area contributed by atoms with Crippen LogP contribution in [0.3, 0.4) is 0 Å². The summed E-state index contributed by atoms with van der Waals surface area (Å²) < 4.78 is 6.68. The Labute approximate surface area is 129 Å². The maximum absolute atomic E-state index is 11.1. The van der Waals surface area contributed by atoms with Crippen LogP contribution in [0, 0.1) is 0 Å². The van der Waals surface area contributed by atoms with Crippen molar-refractivity contribution in [3.63, 3.8) is 0 Å². The summed E-state index contributed by atoms with van der Waals surface area (Å²) in [5.41, 5.74) is 0.0356. The Morgan fingerprint density at radius 3 is 2.67 bits per heavy atom. The summed E-state index contributed by atoms with van der Waals surface area (Å²) in [6.07, 6.45) is 2.77. The summed E-state index contributed by atoms with van der Waals surface area (Å²) >= 11 is 3.43. The van der Waals surface area contributed by atoms with Gasteiger partial charge in [-0.15, -0.1) is 0 Å². The molecule has 1 N–H and O–H groups in total. The van der Waals surface area contributed by atoms with Crippen LogP contribution in [0.5, 0.6) is 11.5 Å². The zero-order valence-corrected chi connectivity index (χ0v) is 12.4. The number of ether oxygens (including phenoxy) is 1. The molecule has 5 heteroatoms. The molecule has 0 saturated heterocycles. The van der Waals surface area contributed by atoms with E-state index in [4.69, 9.17) is 9.84 Å². The molecule has 0 saturated carbocycles. The molecule has 3 rings (SSSR count). The Balaban J connectivity index is 1.99. The number of fused-ring (bicyclic) bond motifs is 1. The number of carboxylic acid groups (broad SMARTS) is 1. The molecule has 104 valence electrons. The van der Waals surface area contributed by atoms with Crippen LogP contribution in [-0.2, 0) is 0 Å². The number of benzene rings is 2. The lowest BCUT2D eigenvalue weighted by Gasteiger charge is -2.09. The fraction of sp³-hybridized carbons (Fsp3) is 0. The molecule has 0 radical (unpaired) electrons. The van der Waals surface area contributed by atoms with Crippen molar-refractivity contribution in [3.05, 3.63) is 64.9 Å². The van der Waals surface area contributed by atoms with Crippen LogP contribution in [0.15, 0.2) is 59.3 Å². The third-order valence-corrected chi connectivity index (χ3v) is 3.51. The average Bonchev–Trinajstić information content (AvgIpc) is 2.48. The normalized spacial score (nSPS) is 10.5. The van der Waals surface area contributed by atoms with E-state index in [1.165, 1.54) is 18.5 Å². The minimum Gasteiger partial charge on any atom is -0.477 e. The highest BCUT2D eigenvalue weighted by atomic mass is 79.9. The second-order valence-electron chi connectivity index (χ2n) is 4.43. The van der Waals surface area contributed by atoms with Crippen LogP contribution in [0.25, 0.3) is 10.8 Å². The van der Waals surface area contributed by atoms with E-state index in [9.17, 15) is 4.79 Å². The molecule has 0 aliphatic rings. The number of carbonyl (C=O) groups is 1. The number of carboxylic acids is 1. The highest BCUT2D eigenvalue weighted by molar-refractivity contribution is 9.10. The smallest absolute Gasteiger partial charge is 0.341 e. The largest absolute Gasteiger partial charge is 0.477 e. The van der Waals surface area contributed by atoms with E-state index in [-0.39, 0.29) is 11.3 Å². The van der Waals surface area contributed by atoms with Crippen LogP contribution < -0.4 is 4.74 Å². The maximum Gasteiger partial charge on any atom is 0.341 e. The number of aromatic carboxylic acids is 1. The van der Waals surface area contributed by atoms with Crippen LogP contribution >= 0.6 is 15.9 Å². The maximum atomic E-state index is 11.1. The van der Waals surface area contributed by atoms with E-state index in [0.29, 0.717) is 5.75 Å². The predicted molar refractivity (Wildman–Crippen MR) is 82.9 cm³/mol. The minimum atomic E-state index is -1.07. The first-order valence-corrected chi connectivity index (χ1v) is 6.97. The van der Waals surface area contributed by atoms with Crippen LogP contribution in [0.2, 0.25) is 0 Å². The second kappa shape index (κ2) is 5.54. The molecular formula is C16H10BrNO3. The number of nitrogens with zero attached hydrogens (tertiary/aromatic N) is 1. The van der Waals surface area contributed by atoms with Crippen LogP contribution in [0.4, 0.5) is 0 Å². The number of rotatable bonds is 3. The molecule has 0 atom stereocenters. The Hall–Kier alpha value is -2.40. The average molecular weight is 344 g/mol. The first kappa shape index (κ1) is 13.6. The number of hydrogen-bond acceptors (Lipinski definition) is 3. The summed E-state index contributed by atoms with van der Waals surface area (Å²) in [4.78, 5) is 14.9. The lowest BCUT2D eigenvalue weighted by Crippen LogP contribution is -2.00. The number of aromatic nitrogens is 1. The number of halogens is 1. The van der Waals surface area contributed by atoms with E-state index < -0.39 is 5.97 Å². The van der Waals surface area contributed by atoms with Gasteiger partial charge in [0, 0.05) is 22.9 Å². The molecule has 0 fully saturated rings. The van der Waals surface area contributed by atoms with Crippen molar-refractivity contribution in [2.45, 2.75) is 0 Å². The molecule has 0 amide bonds. The summed E-state index contributed by atoms with van der Waals surface area (Å²) in [5.74, 6) is -0.213. The highest BCUT2D eigenvalue weighted by Crippen LogP contribution is 2.28. The lowest BCUT2D eigenvalue weighted by atomic mass is 10.1. The van der Waals surface area contributed by atoms with Crippen LogP contribution in [-0.4, -0.2) is 16.1 Å². The summed E-state index contributed by atoms with van der Waals surface area (Å²) in [6.45, 7) is 0. The van der Waals surface area contributed by atoms with E-state index in [0.717, 1.165) is 15.2 Å². The molecule has 21 heavy (non-hydrogen) atoms. The summed E-state index contributed by atoms with van der Waals surface area (Å²) in [5, 5.41) is 11.2. The van der Waals surface area contributed by atoms with E-state index >= 15 is 0 Å². The van der Waals surface area contributed by atoms with Crippen molar-refractivity contribution in [3.8, 4) is 11.5 Å². The first-order valence-electron chi connectivity index (χ1n) is 6.18. The van der Waals surface area contributed by atoms with Gasteiger partial charge in [0.2, 0.25) is 0 Å². The Morgan fingerprint density at radius 2 is 1.86 bits per heavy atom. The van der Waals surface area contributed by atoms with Gasteiger partial charge in [0.15, 0.2) is 0 Å². The number of hydrogen-bond donors (Lipinski definition) is 1. The van der Waals surface area contributed by atoms with Gasteiger partial charge in [-0.25, -0.2) is 4.79 Å². The Bertz CT molecular complexity index is 833. The molecule has 1 heterocycles. The van der Waals surface area contributed by atoms with Gasteiger partial charge in [0.05, 0.1) is 0 Å². The molecule has 4 nitrogen and oxygen atoms in total. The summed E-state index contributed by atoms with van der Waals surface area (Å²) in [7, 11) is 0. The van der Waals surface area contributed by atoms with Crippen LogP contribution in [0.1, 0.15) is 10.4 Å². The van der Waals surface area contributed by atoms with E-state index in [1.54, 1.807) is 6.07 Å². The molecule has 0 aliphatic carbocycles. The monoisotopic (exact) mass is 343 g/mol. The van der Waals surface area contributed by atoms with Gasteiger partial charge < -0.3 is 9.84 Å². The van der Waals surface area contributed by atoms with Crippen molar-refractivity contribution in [2.24, 2.45) is 0 Å². The van der Waals surface area contributed by atoms with Gasteiger partial charge >= 0.3 is 5.97 Å². The molecule has 0 unspecified atom stereocenters. The highest BCUT2D eigenvalue weighted by Gasteiger charge is 2.12. The zero-order valence-electron chi connectivity index (χ0n) is 10.8. The molecule has 0 bridgehead atoms. The Morgan fingerprint density at radius 1 is 1.10 bits per heavy atom. The molecule has 1 aromatic heterocycles. The van der Waals surface area contributed by atoms with Gasteiger partial charge in [-0.2, -0.15) is 0 Å². The topological polar surface area (TPSA) is 59.4 Å². The van der Waals surface area contributed by atoms with Gasteiger partial charge in [-0.1, -0.05) is 28.1 Å². The standard InChI is InChI=1S/C16H10BrNO3/c17-12-3-1-11-8-13(4-2-10(11)7-12)21-15-5-6-18-9-14(15)16(19)20/h1-9H,(H,19,20). The summed E-state index contributed by atoms with van der Waals surface area (Å²) in [6, 6.07) is 13.1. The number of pyridine rings is 1. The molecule has 0 spiro atoms. The minimum absolute atomic E-state index is 0.0356. The van der Waals surface area contributed by atoms with Gasteiger partial charge in [-0.05, 0) is 35.0 Å². The van der Waals surface area contributed by atoms with Crippen molar-refractivity contribution in [1.82, 2.24) is 4.98 Å².